The van der Waals surface area contributed by atoms with Crippen molar-refractivity contribution in [3.63, 3.8) is 0 Å². The number of nitrogens with one attached hydrogen (secondary N) is 1. The van der Waals surface area contributed by atoms with E-state index in [9.17, 15) is 4.39 Å². The van der Waals surface area contributed by atoms with Gasteiger partial charge in [0.1, 0.15) is 11.6 Å². The summed E-state index contributed by atoms with van der Waals surface area (Å²) >= 11 is 6.15. The fourth-order valence-electron chi connectivity index (χ4n) is 3.38. The van der Waals surface area contributed by atoms with E-state index in [1.54, 1.807) is 12.1 Å². The minimum atomic E-state index is -0.270. The van der Waals surface area contributed by atoms with Crippen LogP contribution in [0.1, 0.15) is 32.1 Å². The van der Waals surface area contributed by atoms with E-state index in [0.717, 1.165) is 35.1 Å². The number of fused-ring (bicyclic) bond motifs is 1. The van der Waals surface area contributed by atoms with Gasteiger partial charge in [-0.25, -0.2) is 14.4 Å². The first-order chi connectivity index (χ1) is 12.2. The average Bonchev–Trinajstić information content (AvgIpc) is 2.62. The minimum absolute atomic E-state index is 0.270. The molecule has 0 bridgehead atoms. The topological polar surface area (TPSA) is 37.8 Å². The summed E-state index contributed by atoms with van der Waals surface area (Å²) in [5, 5.41) is 5.19. The second kappa shape index (κ2) is 6.96. The molecular weight excluding hydrogens is 337 g/mol. The summed E-state index contributed by atoms with van der Waals surface area (Å²) in [6.45, 7) is 0. The largest absolute Gasteiger partial charge is 0.367 e. The van der Waals surface area contributed by atoms with E-state index in [4.69, 9.17) is 16.6 Å². The molecule has 0 amide bonds. The number of halogens is 2. The quantitative estimate of drug-likeness (QED) is 0.641. The molecule has 128 valence electrons. The third-order valence-corrected chi connectivity index (χ3v) is 4.94. The number of nitrogens with zero attached hydrogens (tertiary/aromatic N) is 2. The van der Waals surface area contributed by atoms with E-state index >= 15 is 0 Å². The summed E-state index contributed by atoms with van der Waals surface area (Å²) in [7, 11) is 0. The van der Waals surface area contributed by atoms with Gasteiger partial charge in [0.25, 0.3) is 0 Å². The van der Waals surface area contributed by atoms with Gasteiger partial charge in [-0.3, -0.25) is 0 Å². The summed E-state index contributed by atoms with van der Waals surface area (Å²) in [5.41, 5.74) is 1.58. The first kappa shape index (κ1) is 16.3. The molecule has 1 heterocycles. The number of anilines is 1. The fraction of sp³-hybridized carbons (Fsp3) is 0.300. The second-order valence-corrected chi connectivity index (χ2v) is 6.98. The maximum Gasteiger partial charge on any atom is 0.162 e. The van der Waals surface area contributed by atoms with E-state index in [1.807, 2.05) is 18.2 Å². The lowest BCUT2D eigenvalue weighted by molar-refractivity contribution is 0.462. The smallest absolute Gasteiger partial charge is 0.162 e. The van der Waals surface area contributed by atoms with Crippen molar-refractivity contribution in [2.45, 2.75) is 38.1 Å². The standard InChI is InChI=1S/C20H19ClFN3/c21-14-8-11-17-18(12-14)24-19(13-6-9-15(22)10-7-13)25-20(17)23-16-4-2-1-3-5-16/h6-12,16H,1-5H2,(H,23,24,25). The molecule has 1 aliphatic rings. The molecule has 1 fully saturated rings. The second-order valence-electron chi connectivity index (χ2n) is 6.54. The molecule has 3 aromatic rings. The normalized spacial score (nSPS) is 15.4. The Balaban J connectivity index is 1.79. The number of benzene rings is 2. The summed E-state index contributed by atoms with van der Waals surface area (Å²) in [5.74, 6) is 1.13. The molecule has 0 aliphatic heterocycles. The highest BCUT2D eigenvalue weighted by Crippen LogP contribution is 2.29. The lowest BCUT2D eigenvalue weighted by Crippen LogP contribution is -2.23. The molecule has 0 saturated heterocycles. The van der Waals surface area contributed by atoms with E-state index < -0.39 is 0 Å². The zero-order valence-electron chi connectivity index (χ0n) is 13.8. The molecule has 5 heteroatoms. The molecule has 1 aromatic heterocycles. The van der Waals surface area contributed by atoms with E-state index in [1.165, 1.54) is 31.4 Å². The first-order valence-corrected chi connectivity index (χ1v) is 9.06. The highest BCUT2D eigenvalue weighted by Gasteiger charge is 2.16. The number of hydrogen-bond donors (Lipinski definition) is 1. The van der Waals surface area contributed by atoms with Gasteiger partial charge in [-0.1, -0.05) is 30.9 Å². The summed E-state index contributed by atoms with van der Waals surface area (Å²) in [6.07, 6.45) is 6.11. The average molecular weight is 356 g/mol. The van der Waals surface area contributed by atoms with Crippen molar-refractivity contribution in [1.29, 1.82) is 0 Å². The van der Waals surface area contributed by atoms with Gasteiger partial charge in [0.2, 0.25) is 0 Å². The van der Waals surface area contributed by atoms with Gasteiger partial charge < -0.3 is 5.32 Å². The third-order valence-electron chi connectivity index (χ3n) is 4.71. The predicted octanol–water partition coefficient (Wildman–Crippen LogP) is 5.83. The molecule has 25 heavy (non-hydrogen) atoms. The van der Waals surface area contributed by atoms with Crippen LogP contribution in [0.5, 0.6) is 0 Å². The van der Waals surface area contributed by atoms with Crippen molar-refractivity contribution in [1.82, 2.24) is 9.97 Å². The fourth-order valence-corrected chi connectivity index (χ4v) is 3.55. The molecule has 0 unspecified atom stereocenters. The molecule has 1 N–H and O–H groups in total. The van der Waals surface area contributed by atoms with Crippen LogP contribution in [0.25, 0.3) is 22.3 Å². The zero-order chi connectivity index (χ0) is 17.2. The van der Waals surface area contributed by atoms with Crippen LogP contribution in [-0.2, 0) is 0 Å². The highest BCUT2D eigenvalue weighted by atomic mass is 35.5. The molecule has 0 radical (unpaired) electrons. The summed E-state index contributed by atoms with van der Waals surface area (Å²) in [6, 6.07) is 12.3. The Morgan fingerprint density at radius 3 is 2.48 bits per heavy atom. The van der Waals surface area contributed by atoms with Gasteiger partial charge in [0.05, 0.1) is 5.52 Å². The molecular formula is C20H19ClFN3. The van der Waals surface area contributed by atoms with Crippen LogP contribution in [0.4, 0.5) is 10.2 Å². The molecule has 3 nitrogen and oxygen atoms in total. The van der Waals surface area contributed by atoms with Crippen molar-refractivity contribution in [2.24, 2.45) is 0 Å². The SMILES string of the molecule is Fc1ccc(-c2nc(NC3CCCCC3)c3ccc(Cl)cc3n2)cc1. The Hall–Kier alpha value is -2.20. The van der Waals surface area contributed by atoms with Crippen LogP contribution in [0.2, 0.25) is 5.02 Å². The Morgan fingerprint density at radius 1 is 0.960 bits per heavy atom. The van der Waals surface area contributed by atoms with Crippen LogP contribution < -0.4 is 5.32 Å². The highest BCUT2D eigenvalue weighted by molar-refractivity contribution is 6.31. The number of hydrogen-bond acceptors (Lipinski definition) is 3. The van der Waals surface area contributed by atoms with Crippen molar-refractivity contribution in [3.05, 3.63) is 53.3 Å². The van der Waals surface area contributed by atoms with Crippen LogP contribution >= 0.6 is 11.6 Å². The van der Waals surface area contributed by atoms with Crippen LogP contribution in [-0.4, -0.2) is 16.0 Å². The van der Waals surface area contributed by atoms with Gasteiger partial charge >= 0.3 is 0 Å². The van der Waals surface area contributed by atoms with Gasteiger partial charge in [0.15, 0.2) is 5.82 Å². The number of aromatic nitrogens is 2. The monoisotopic (exact) mass is 355 g/mol. The zero-order valence-corrected chi connectivity index (χ0v) is 14.6. The van der Waals surface area contributed by atoms with Crippen molar-refractivity contribution >= 4 is 28.3 Å². The lowest BCUT2D eigenvalue weighted by Gasteiger charge is -2.24. The molecule has 1 saturated carbocycles. The van der Waals surface area contributed by atoms with Crippen molar-refractivity contribution < 1.29 is 4.39 Å². The molecule has 1 aliphatic carbocycles. The summed E-state index contributed by atoms with van der Waals surface area (Å²) in [4.78, 5) is 9.37. The lowest BCUT2D eigenvalue weighted by atomic mass is 9.95. The van der Waals surface area contributed by atoms with Crippen LogP contribution in [0, 0.1) is 5.82 Å². The molecule has 2 aromatic carbocycles. The minimum Gasteiger partial charge on any atom is -0.367 e. The van der Waals surface area contributed by atoms with E-state index in [2.05, 4.69) is 10.3 Å². The maximum absolute atomic E-state index is 13.2. The molecule has 0 atom stereocenters. The predicted molar refractivity (Wildman–Crippen MR) is 100 cm³/mol. The number of rotatable bonds is 3. The van der Waals surface area contributed by atoms with Gasteiger partial charge in [-0.05, 0) is 55.3 Å². The Kier molecular flexibility index (Phi) is 4.53. The maximum atomic E-state index is 13.2. The summed E-state index contributed by atoms with van der Waals surface area (Å²) < 4.78 is 13.2. The Morgan fingerprint density at radius 2 is 1.72 bits per heavy atom. The molecule has 0 spiro atoms. The van der Waals surface area contributed by atoms with E-state index in [0.29, 0.717) is 16.9 Å². The van der Waals surface area contributed by atoms with Gasteiger partial charge in [-0.2, -0.15) is 0 Å². The third kappa shape index (κ3) is 3.59. The first-order valence-electron chi connectivity index (χ1n) is 8.69. The van der Waals surface area contributed by atoms with Gasteiger partial charge in [-0.15, -0.1) is 0 Å². The van der Waals surface area contributed by atoms with Crippen molar-refractivity contribution in [2.75, 3.05) is 5.32 Å². The van der Waals surface area contributed by atoms with E-state index in [-0.39, 0.29) is 5.82 Å². The molecule has 4 rings (SSSR count). The van der Waals surface area contributed by atoms with Crippen LogP contribution in [0.3, 0.4) is 0 Å². The van der Waals surface area contributed by atoms with Crippen LogP contribution in [0.15, 0.2) is 42.5 Å². The Labute approximate surface area is 151 Å². The van der Waals surface area contributed by atoms with Crippen molar-refractivity contribution in [3.8, 4) is 11.4 Å². The Bertz CT molecular complexity index is 889. The van der Waals surface area contributed by atoms with Gasteiger partial charge in [0, 0.05) is 22.0 Å².